The van der Waals surface area contributed by atoms with Crippen LogP contribution in [0.15, 0.2) is 48.8 Å². The van der Waals surface area contributed by atoms with E-state index >= 15 is 0 Å². The van der Waals surface area contributed by atoms with Crippen molar-refractivity contribution in [3.05, 3.63) is 59.9 Å². The van der Waals surface area contributed by atoms with Crippen LogP contribution in [0.5, 0.6) is 5.75 Å². The Kier molecular flexibility index (Phi) is 4.30. The van der Waals surface area contributed by atoms with Crippen molar-refractivity contribution in [1.29, 1.82) is 0 Å². The fourth-order valence-corrected chi connectivity index (χ4v) is 2.77. The Labute approximate surface area is 135 Å². The number of carbonyl (C=O) groups is 1. The van der Waals surface area contributed by atoms with E-state index in [0.717, 1.165) is 11.3 Å². The molecule has 1 atom stereocenters. The van der Waals surface area contributed by atoms with Crippen molar-refractivity contribution in [1.82, 2.24) is 9.88 Å². The van der Waals surface area contributed by atoms with Crippen molar-refractivity contribution < 1.29 is 14.6 Å². The van der Waals surface area contributed by atoms with E-state index in [-0.39, 0.29) is 19.1 Å². The van der Waals surface area contributed by atoms with E-state index in [4.69, 9.17) is 4.74 Å². The number of aryl methyl sites for hydroxylation is 1. The van der Waals surface area contributed by atoms with Gasteiger partial charge >= 0.3 is 0 Å². The molecule has 0 radical (unpaired) electrons. The number of likely N-dealkylation sites (tertiary alicyclic amines) is 1. The number of hydrogen-bond acceptors (Lipinski definition) is 4. The quantitative estimate of drug-likeness (QED) is 0.938. The van der Waals surface area contributed by atoms with Crippen LogP contribution in [0.1, 0.15) is 22.3 Å². The average molecular weight is 312 g/mol. The first-order chi connectivity index (χ1) is 11.1. The summed E-state index contributed by atoms with van der Waals surface area (Å²) in [5.74, 6) is 0.649. The van der Waals surface area contributed by atoms with Crippen molar-refractivity contribution in [2.45, 2.75) is 18.9 Å². The molecule has 0 saturated carbocycles. The summed E-state index contributed by atoms with van der Waals surface area (Å²) in [6.45, 7) is 2.84. The second-order valence-electron chi connectivity index (χ2n) is 5.99. The molecule has 5 nitrogen and oxygen atoms in total. The monoisotopic (exact) mass is 312 g/mol. The van der Waals surface area contributed by atoms with E-state index in [2.05, 4.69) is 4.98 Å². The number of aliphatic hydroxyl groups is 1. The highest BCUT2D eigenvalue weighted by Crippen LogP contribution is 2.25. The third kappa shape index (κ3) is 3.51. The molecule has 0 spiro atoms. The van der Waals surface area contributed by atoms with Gasteiger partial charge in [0, 0.05) is 24.5 Å². The largest absolute Gasteiger partial charge is 0.491 e. The van der Waals surface area contributed by atoms with Gasteiger partial charge in [-0.15, -0.1) is 0 Å². The second kappa shape index (κ2) is 6.38. The number of aromatic nitrogens is 1. The molecule has 1 amide bonds. The minimum absolute atomic E-state index is 0.0689. The highest BCUT2D eigenvalue weighted by Gasteiger charge is 2.39. The molecule has 1 saturated heterocycles. The van der Waals surface area contributed by atoms with E-state index in [0.29, 0.717) is 18.5 Å². The van der Waals surface area contributed by atoms with Crippen LogP contribution in [0, 0.1) is 6.92 Å². The van der Waals surface area contributed by atoms with E-state index in [1.54, 1.807) is 23.4 Å². The summed E-state index contributed by atoms with van der Waals surface area (Å²) in [7, 11) is 0. The third-order valence-corrected chi connectivity index (χ3v) is 4.12. The van der Waals surface area contributed by atoms with Crippen molar-refractivity contribution in [3.8, 4) is 5.75 Å². The zero-order valence-corrected chi connectivity index (χ0v) is 13.1. The van der Waals surface area contributed by atoms with E-state index in [1.807, 2.05) is 37.3 Å². The molecule has 0 bridgehead atoms. The highest BCUT2D eigenvalue weighted by molar-refractivity contribution is 5.95. The van der Waals surface area contributed by atoms with E-state index in [9.17, 15) is 9.90 Å². The number of benzene rings is 1. The summed E-state index contributed by atoms with van der Waals surface area (Å²) >= 11 is 0. The van der Waals surface area contributed by atoms with Crippen LogP contribution < -0.4 is 4.74 Å². The highest BCUT2D eigenvalue weighted by atomic mass is 16.5. The van der Waals surface area contributed by atoms with Gasteiger partial charge in [-0.25, -0.2) is 0 Å². The summed E-state index contributed by atoms with van der Waals surface area (Å²) < 4.78 is 5.65. The molecule has 0 aliphatic carbocycles. The van der Waals surface area contributed by atoms with Crippen molar-refractivity contribution in [3.63, 3.8) is 0 Å². The lowest BCUT2D eigenvalue weighted by atomic mass is 10.1. The van der Waals surface area contributed by atoms with Crippen LogP contribution in [0.2, 0.25) is 0 Å². The average Bonchev–Trinajstić information content (AvgIpc) is 2.97. The minimum atomic E-state index is -1.01. The second-order valence-corrected chi connectivity index (χ2v) is 5.99. The van der Waals surface area contributed by atoms with E-state index in [1.165, 1.54) is 0 Å². The van der Waals surface area contributed by atoms with E-state index < -0.39 is 5.60 Å². The van der Waals surface area contributed by atoms with Gasteiger partial charge in [0.25, 0.3) is 5.91 Å². The zero-order valence-electron chi connectivity index (χ0n) is 13.1. The number of carbonyl (C=O) groups excluding carboxylic acids is 1. The molecule has 1 aromatic heterocycles. The van der Waals surface area contributed by atoms with Gasteiger partial charge in [0.05, 0.1) is 6.54 Å². The Hall–Kier alpha value is -2.40. The molecule has 2 heterocycles. The summed E-state index contributed by atoms with van der Waals surface area (Å²) in [5.41, 5.74) is 0.466. The Morgan fingerprint density at radius 3 is 2.87 bits per heavy atom. The Balaban J connectivity index is 1.63. The van der Waals surface area contributed by atoms with Crippen LogP contribution >= 0.6 is 0 Å². The first kappa shape index (κ1) is 15.5. The number of hydrogen-bond donors (Lipinski definition) is 1. The molecule has 23 heavy (non-hydrogen) atoms. The number of nitrogens with zero attached hydrogens (tertiary/aromatic N) is 2. The van der Waals surface area contributed by atoms with Crippen LogP contribution in [-0.4, -0.2) is 46.2 Å². The van der Waals surface area contributed by atoms with Crippen LogP contribution in [0.3, 0.4) is 0 Å². The minimum Gasteiger partial charge on any atom is -0.491 e. The first-order valence-corrected chi connectivity index (χ1v) is 7.68. The Morgan fingerprint density at radius 2 is 2.13 bits per heavy atom. The smallest absolute Gasteiger partial charge is 0.254 e. The summed E-state index contributed by atoms with van der Waals surface area (Å²) in [5, 5.41) is 10.7. The maximum absolute atomic E-state index is 12.6. The molecule has 1 aliphatic rings. The predicted molar refractivity (Wildman–Crippen MR) is 86.4 cm³/mol. The maximum Gasteiger partial charge on any atom is 0.254 e. The Morgan fingerprint density at radius 1 is 1.35 bits per heavy atom. The fraction of sp³-hybridized carbons (Fsp3) is 0.333. The molecule has 3 rings (SSSR count). The molecule has 1 aliphatic heterocycles. The van der Waals surface area contributed by atoms with Crippen LogP contribution in [0.4, 0.5) is 0 Å². The molecule has 5 heteroatoms. The van der Waals surface area contributed by atoms with Crippen LogP contribution in [0.25, 0.3) is 0 Å². The van der Waals surface area contributed by atoms with Crippen molar-refractivity contribution in [2.24, 2.45) is 0 Å². The third-order valence-electron chi connectivity index (χ3n) is 4.12. The molecule has 0 unspecified atom stereocenters. The van der Waals surface area contributed by atoms with Gasteiger partial charge < -0.3 is 14.7 Å². The van der Waals surface area contributed by atoms with Gasteiger partial charge in [0.15, 0.2) is 0 Å². The lowest BCUT2D eigenvalue weighted by Gasteiger charge is -2.24. The summed E-state index contributed by atoms with van der Waals surface area (Å²) in [4.78, 5) is 18.3. The Bertz CT molecular complexity index is 690. The van der Waals surface area contributed by atoms with Gasteiger partial charge in [-0.05, 0) is 37.1 Å². The lowest BCUT2D eigenvalue weighted by Crippen LogP contribution is -2.40. The van der Waals surface area contributed by atoms with Crippen molar-refractivity contribution in [2.75, 3.05) is 19.7 Å². The van der Waals surface area contributed by atoms with Gasteiger partial charge in [-0.2, -0.15) is 0 Å². The molecule has 1 aromatic carbocycles. The molecular weight excluding hydrogens is 292 g/mol. The topological polar surface area (TPSA) is 62.7 Å². The summed E-state index contributed by atoms with van der Waals surface area (Å²) in [6.07, 6.45) is 3.80. The number of amides is 1. The number of pyridine rings is 1. The normalized spacial score (nSPS) is 20.5. The van der Waals surface area contributed by atoms with Crippen molar-refractivity contribution >= 4 is 5.91 Å². The lowest BCUT2D eigenvalue weighted by molar-refractivity contribution is 0.00430. The zero-order chi connectivity index (χ0) is 16.3. The SMILES string of the molecule is Cc1cnccc1C(=O)N1CC[C@@](O)(COc2ccccc2)C1. The molecular formula is C18H20N2O3. The molecule has 1 N–H and O–H groups in total. The maximum atomic E-state index is 12.6. The van der Waals surface area contributed by atoms with Gasteiger partial charge in [-0.1, -0.05) is 18.2 Å². The number of rotatable bonds is 4. The number of ether oxygens (including phenoxy) is 1. The standard InChI is InChI=1S/C18H20N2O3/c1-14-11-19-9-7-16(14)17(21)20-10-8-18(22,12-20)13-23-15-5-3-2-4-6-15/h2-7,9,11,22H,8,10,12-13H2,1H3/t18-/m0/s1. The molecule has 2 aromatic rings. The predicted octanol–water partition coefficient (Wildman–Crippen LogP) is 2.05. The van der Waals surface area contributed by atoms with Crippen LogP contribution in [-0.2, 0) is 0 Å². The van der Waals surface area contributed by atoms with Gasteiger partial charge in [0.2, 0.25) is 0 Å². The van der Waals surface area contributed by atoms with Gasteiger partial charge in [0.1, 0.15) is 18.0 Å². The fourth-order valence-electron chi connectivity index (χ4n) is 2.77. The van der Waals surface area contributed by atoms with Gasteiger partial charge in [-0.3, -0.25) is 9.78 Å². The first-order valence-electron chi connectivity index (χ1n) is 7.68. The molecule has 120 valence electrons. The number of β-amino-alcohol motifs (C(OH)–C–C–N with tert-alkyl or cyclic N) is 1. The summed E-state index contributed by atoms with van der Waals surface area (Å²) in [6, 6.07) is 11.1. The molecule has 1 fully saturated rings. The number of para-hydroxylation sites is 1.